The molecule has 0 spiro atoms. The van der Waals surface area contributed by atoms with E-state index in [0.717, 1.165) is 0 Å². The topological polar surface area (TPSA) is 78.5 Å². The molecule has 1 heterocycles. The number of carbonyl (C=O) groups is 1. The average Bonchev–Trinajstić information content (AvgIpc) is 2.70. The second-order valence-corrected chi connectivity index (χ2v) is 6.40. The molecule has 0 saturated carbocycles. The van der Waals surface area contributed by atoms with E-state index in [0.29, 0.717) is 23.7 Å². The molecule has 0 radical (unpaired) electrons. The van der Waals surface area contributed by atoms with E-state index < -0.39 is 16.3 Å². The van der Waals surface area contributed by atoms with Gasteiger partial charge in [-0.05, 0) is 24.6 Å². The lowest BCUT2D eigenvalue weighted by atomic mass is 10.3. The zero-order valence-corrected chi connectivity index (χ0v) is 12.5. The molecule has 0 aromatic heterocycles. The molecule has 1 aromatic carbocycles. The molecule has 6 nitrogen and oxygen atoms in total. The summed E-state index contributed by atoms with van der Waals surface area (Å²) in [6, 6.07) is 6.18. The highest BCUT2D eigenvalue weighted by atomic mass is 35.5. The Balaban J connectivity index is 2.10. The molecule has 0 aliphatic carbocycles. The normalized spacial score (nSPS) is 19.6. The van der Waals surface area contributed by atoms with E-state index in [9.17, 15) is 13.2 Å². The molecular formula is C12H16ClN3O3S. The van der Waals surface area contributed by atoms with Gasteiger partial charge in [0.25, 0.3) is 10.2 Å². The summed E-state index contributed by atoms with van der Waals surface area (Å²) in [5.74, 6) is -0.270. The van der Waals surface area contributed by atoms with Gasteiger partial charge in [-0.3, -0.25) is 4.79 Å². The van der Waals surface area contributed by atoms with Gasteiger partial charge in [0, 0.05) is 23.8 Å². The Morgan fingerprint density at radius 2 is 2.20 bits per heavy atom. The van der Waals surface area contributed by atoms with Crippen molar-refractivity contribution in [3.05, 3.63) is 29.3 Å². The zero-order chi connectivity index (χ0) is 14.8. The van der Waals surface area contributed by atoms with Crippen molar-refractivity contribution in [1.29, 1.82) is 0 Å². The molecule has 2 rings (SSSR count). The number of rotatable bonds is 5. The Morgan fingerprint density at radius 3 is 2.85 bits per heavy atom. The van der Waals surface area contributed by atoms with Crippen molar-refractivity contribution in [3.8, 4) is 0 Å². The SMILES string of the molecule is CCNS(=O)(=O)N[C@H]1CCN(c2cccc(Cl)c2)C1=O. The highest BCUT2D eigenvalue weighted by Crippen LogP contribution is 2.24. The van der Waals surface area contributed by atoms with Gasteiger partial charge in [0.1, 0.15) is 6.04 Å². The lowest BCUT2D eigenvalue weighted by Gasteiger charge is -2.17. The minimum Gasteiger partial charge on any atom is -0.311 e. The fourth-order valence-electron chi connectivity index (χ4n) is 2.11. The predicted molar refractivity (Wildman–Crippen MR) is 77.9 cm³/mol. The summed E-state index contributed by atoms with van der Waals surface area (Å²) in [4.78, 5) is 13.8. The van der Waals surface area contributed by atoms with Crippen LogP contribution in [0.5, 0.6) is 0 Å². The van der Waals surface area contributed by atoms with Gasteiger partial charge in [-0.15, -0.1) is 0 Å². The molecule has 1 aliphatic rings. The summed E-state index contributed by atoms with van der Waals surface area (Å²) in [5.41, 5.74) is 0.674. The summed E-state index contributed by atoms with van der Waals surface area (Å²) in [5, 5.41) is 0.534. The highest BCUT2D eigenvalue weighted by Gasteiger charge is 2.35. The quantitative estimate of drug-likeness (QED) is 0.846. The molecule has 1 saturated heterocycles. The first-order valence-electron chi connectivity index (χ1n) is 6.27. The number of carbonyl (C=O) groups excluding carboxylic acids is 1. The third-order valence-electron chi connectivity index (χ3n) is 2.96. The number of halogens is 1. The molecule has 20 heavy (non-hydrogen) atoms. The van der Waals surface area contributed by atoms with E-state index >= 15 is 0 Å². The predicted octanol–water partition coefficient (Wildman–Crippen LogP) is 0.889. The number of hydrogen-bond acceptors (Lipinski definition) is 3. The van der Waals surface area contributed by atoms with E-state index in [1.165, 1.54) is 4.90 Å². The largest absolute Gasteiger partial charge is 0.311 e. The molecular weight excluding hydrogens is 302 g/mol. The van der Waals surface area contributed by atoms with Crippen molar-refractivity contribution in [2.75, 3.05) is 18.0 Å². The van der Waals surface area contributed by atoms with Crippen LogP contribution in [0.3, 0.4) is 0 Å². The maximum absolute atomic E-state index is 12.2. The van der Waals surface area contributed by atoms with E-state index in [1.54, 1.807) is 31.2 Å². The lowest BCUT2D eigenvalue weighted by molar-refractivity contribution is -0.118. The first-order chi connectivity index (χ1) is 9.43. The highest BCUT2D eigenvalue weighted by molar-refractivity contribution is 7.87. The summed E-state index contributed by atoms with van der Waals surface area (Å²) in [6.45, 7) is 2.40. The fourth-order valence-corrected chi connectivity index (χ4v) is 3.35. The van der Waals surface area contributed by atoms with Crippen LogP contribution < -0.4 is 14.3 Å². The van der Waals surface area contributed by atoms with Gasteiger partial charge in [-0.2, -0.15) is 13.1 Å². The average molecular weight is 318 g/mol. The van der Waals surface area contributed by atoms with Gasteiger partial charge < -0.3 is 4.90 Å². The van der Waals surface area contributed by atoms with Gasteiger partial charge in [0.05, 0.1) is 0 Å². The van der Waals surface area contributed by atoms with Crippen LogP contribution in [-0.4, -0.2) is 33.5 Å². The number of amides is 1. The van der Waals surface area contributed by atoms with Crippen LogP contribution in [0.1, 0.15) is 13.3 Å². The summed E-state index contributed by atoms with van der Waals surface area (Å²) in [7, 11) is -3.64. The van der Waals surface area contributed by atoms with Gasteiger partial charge in [0.2, 0.25) is 5.91 Å². The minimum absolute atomic E-state index is 0.270. The molecule has 1 atom stereocenters. The maximum atomic E-state index is 12.2. The van der Waals surface area contributed by atoms with E-state index in [4.69, 9.17) is 11.6 Å². The molecule has 1 fully saturated rings. The van der Waals surface area contributed by atoms with Crippen LogP contribution in [0.15, 0.2) is 24.3 Å². The Labute approximate surface area is 123 Å². The van der Waals surface area contributed by atoms with Gasteiger partial charge >= 0.3 is 0 Å². The monoisotopic (exact) mass is 317 g/mol. The zero-order valence-electron chi connectivity index (χ0n) is 11.0. The van der Waals surface area contributed by atoms with Crippen molar-refractivity contribution in [1.82, 2.24) is 9.44 Å². The minimum atomic E-state index is -3.64. The molecule has 8 heteroatoms. The van der Waals surface area contributed by atoms with Gasteiger partial charge in [-0.1, -0.05) is 24.6 Å². The first kappa shape index (κ1) is 15.2. The molecule has 0 bridgehead atoms. The van der Waals surface area contributed by atoms with E-state index in [2.05, 4.69) is 9.44 Å². The van der Waals surface area contributed by atoms with Crippen molar-refractivity contribution in [3.63, 3.8) is 0 Å². The smallest absolute Gasteiger partial charge is 0.277 e. The fraction of sp³-hybridized carbons (Fsp3) is 0.417. The molecule has 1 aromatic rings. The third-order valence-corrected chi connectivity index (χ3v) is 4.46. The molecule has 1 aliphatic heterocycles. The second kappa shape index (κ2) is 6.09. The maximum Gasteiger partial charge on any atom is 0.277 e. The van der Waals surface area contributed by atoms with Gasteiger partial charge in [-0.25, -0.2) is 4.72 Å². The number of nitrogens with zero attached hydrogens (tertiary/aromatic N) is 1. The van der Waals surface area contributed by atoms with Crippen LogP contribution in [0, 0.1) is 0 Å². The lowest BCUT2D eigenvalue weighted by Crippen LogP contribution is -2.46. The van der Waals surface area contributed by atoms with Crippen molar-refractivity contribution < 1.29 is 13.2 Å². The summed E-state index contributed by atoms with van der Waals surface area (Å²) < 4.78 is 27.9. The number of benzene rings is 1. The molecule has 1 amide bonds. The van der Waals surface area contributed by atoms with Crippen LogP contribution in [-0.2, 0) is 15.0 Å². The third kappa shape index (κ3) is 3.49. The number of nitrogens with one attached hydrogen (secondary N) is 2. The Kier molecular flexibility index (Phi) is 4.64. The summed E-state index contributed by atoms with van der Waals surface area (Å²) in [6.07, 6.45) is 0.427. The molecule has 110 valence electrons. The van der Waals surface area contributed by atoms with Crippen molar-refractivity contribution in [2.24, 2.45) is 0 Å². The van der Waals surface area contributed by atoms with Gasteiger partial charge in [0.15, 0.2) is 0 Å². The van der Waals surface area contributed by atoms with Crippen LogP contribution in [0.25, 0.3) is 0 Å². The van der Waals surface area contributed by atoms with Crippen LogP contribution >= 0.6 is 11.6 Å². The van der Waals surface area contributed by atoms with Crippen molar-refractivity contribution >= 4 is 33.4 Å². The Hall–Kier alpha value is -1.15. The van der Waals surface area contributed by atoms with E-state index in [1.807, 2.05) is 0 Å². The van der Waals surface area contributed by atoms with Crippen molar-refractivity contribution in [2.45, 2.75) is 19.4 Å². The first-order valence-corrected chi connectivity index (χ1v) is 8.13. The van der Waals surface area contributed by atoms with E-state index in [-0.39, 0.29) is 12.5 Å². The summed E-state index contributed by atoms with van der Waals surface area (Å²) >= 11 is 5.90. The van der Waals surface area contributed by atoms with Crippen LogP contribution in [0.4, 0.5) is 5.69 Å². The molecule has 0 unspecified atom stereocenters. The molecule has 2 N–H and O–H groups in total. The number of hydrogen-bond donors (Lipinski definition) is 2. The van der Waals surface area contributed by atoms with Crippen LogP contribution in [0.2, 0.25) is 5.02 Å². The Morgan fingerprint density at radius 1 is 1.45 bits per heavy atom. The number of anilines is 1. The second-order valence-electron chi connectivity index (χ2n) is 4.43. The standard InChI is InChI=1S/C12H16ClN3O3S/c1-2-14-20(18,19)15-11-6-7-16(12(11)17)10-5-3-4-9(13)8-10/h3-5,8,11,14-15H,2,6-7H2,1H3/t11-/m0/s1. The Bertz CT molecular complexity index is 606.